The molecule has 124 valence electrons. The van der Waals surface area contributed by atoms with Gasteiger partial charge >= 0.3 is 145 Å². The summed E-state index contributed by atoms with van der Waals surface area (Å²) < 4.78 is 3.90. The van der Waals surface area contributed by atoms with Gasteiger partial charge in [0.2, 0.25) is 0 Å². The van der Waals surface area contributed by atoms with E-state index in [9.17, 15) is 0 Å². The van der Waals surface area contributed by atoms with Gasteiger partial charge in [-0.15, -0.1) is 0 Å². The summed E-state index contributed by atoms with van der Waals surface area (Å²) in [5.41, 5.74) is 7.08. The molecule has 0 unspecified atom stereocenters. The Bertz CT molecular complexity index is 731. The molecule has 0 saturated heterocycles. The molecule has 0 spiro atoms. The Morgan fingerprint density at radius 1 is 0.913 bits per heavy atom. The van der Waals surface area contributed by atoms with E-state index in [1.807, 2.05) is 0 Å². The number of aromatic nitrogens is 1. The third kappa shape index (κ3) is 3.88. The second kappa shape index (κ2) is 6.09. The van der Waals surface area contributed by atoms with Gasteiger partial charge in [0.15, 0.2) is 0 Å². The summed E-state index contributed by atoms with van der Waals surface area (Å²) in [6, 6.07) is 9.40. The van der Waals surface area contributed by atoms with E-state index in [1.165, 1.54) is 27.9 Å². The van der Waals surface area contributed by atoms with Gasteiger partial charge in [0.25, 0.3) is 0 Å². The van der Waals surface area contributed by atoms with E-state index in [4.69, 9.17) is 0 Å². The molecular formula is C21H32GeN+. The van der Waals surface area contributed by atoms with E-state index < -0.39 is 13.3 Å². The summed E-state index contributed by atoms with van der Waals surface area (Å²) in [6.45, 7) is 11.3. The van der Waals surface area contributed by atoms with Crippen LogP contribution in [0.15, 0.2) is 30.5 Å². The van der Waals surface area contributed by atoms with Crippen molar-refractivity contribution in [2.75, 3.05) is 0 Å². The van der Waals surface area contributed by atoms with Crippen molar-refractivity contribution in [3.8, 4) is 11.3 Å². The second-order valence-electron chi connectivity index (χ2n) is 8.90. The van der Waals surface area contributed by atoms with Gasteiger partial charge in [-0.1, -0.05) is 0 Å². The number of nitrogens with zero attached hydrogens (tertiary/aromatic N) is 1. The number of aryl methyl sites for hydroxylation is 3. The first kappa shape index (κ1) is 18.3. The van der Waals surface area contributed by atoms with Crippen molar-refractivity contribution in [1.82, 2.24) is 0 Å². The standard InChI is InChI=1S/C21H32GeN/c1-15-10-11-17(21(3,4)5)12-18(15)20-13-19(22(6,7)8)16(2)14-23(20)9/h10-14H,1-9H3/q+1. The van der Waals surface area contributed by atoms with E-state index in [-0.39, 0.29) is 5.41 Å². The molecule has 1 heterocycles. The zero-order valence-corrected chi connectivity index (χ0v) is 18.4. The van der Waals surface area contributed by atoms with Gasteiger partial charge < -0.3 is 0 Å². The summed E-state index contributed by atoms with van der Waals surface area (Å²) in [5.74, 6) is 7.43. The average Bonchev–Trinajstić information content (AvgIpc) is 2.37. The van der Waals surface area contributed by atoms with Gasteiger partial charge in [0.1, 0.15) is 0 Å². The zero-order valence-electron chi connectivity index (χ0n) is 16.3. The third-order valence-corrected chi connectivity index (χ3v) is 9.18. The van der Waals surface area contributed by atoms with Crippen molar-refractivity contribution in [2.45, 2.75) is 57.3 Å². The van der Waals surface area contributed by atoms with E-state index >= 15 is 0 Å². The van der Waals surface area contributed by atoms with Gasteiger partial charge in [-0.05, 0) is 0 Å². The van der Waals surface area contributed by atoms with Crippen LogP contribution in [0.3, 0.4) is 0 Å². The monoisotopic (exact) mass is 372 g/mol. The molecule has 0 radical (unpaired) electrons. The van der Waals surface area contributed by atoms with Gasteiger partial charge in [0.05, 0.1) is 0 Å². The second-order valence-corrected chi connectivity index (χ2v) is 19.5. The Balaban J connectivity index is 2.72. The van der Waals surface area contributed by atoms with Crippen molar-refractivity contribution >= 4 is 17.7 Å². The molecule has 2 rings (SSSR count). The molecule has 0 amide bonds. The molecule has 0 N–H and O–H groups in total. The molecule has 0 saturated carbocycles. The van der Waals surface area contributed by atoms with Crippen LogP contribution in [-0.4, -0.2) is 13.3 Å². The Hall–Kier alpha value is -1.09. The first-order chi connectivity index (χ1) is 10.4. The summed E-state index contributed by atoms with van der Waals surface area (Å²) >= 11 is -1.87. The fraction of sp³-hybridized carbons (Fsp3) is 0.476. The predicted octanol–water partition coefficient (Wildman–Crippen LogP) is 4.64. The Labute approximate surface area is 145 Å². The molecule has 0 aliphatic carbocycles. The SMILES string of the molecule is Cc1ccc(C(C)(C)C)cc1-c1c[c]([Ge]([CH3])([CH3])[CH3])c(C)c[n+]1C. The molecule has 0 bridgehead atoms. The minimum absolute atomic E-state index is 0.177. The number of pyridine rings is 1. The van der Waals surface area contributed by atoms with Crippen LogP contribution in [0.1, 0.15) is 37.5 Å². The molecule has 2 heteroatoms. The van der Waals surface area contributed by atoms with E-state index in [2.05, 4.69) is 94.0 Å². The first-order valence-corrected chi connectivity index (χ1v) is 15.9. The van der Waals surface area contributed by atoms with Crippen LogP contribution in [0.25, 0.3) is 11.3 Å². The van der Waals surface area contributed by atoms with Crippen LogP contribution in [0.2, 0.25) is 17.3 Å². The van der Waals surface area contributed by atoms with E-state index in [0.29, 0.717) is 0 Å². The minimum atomic E-state index is -1.87. The van der Waals surface area contributed by atoms with E-state index in [1.54, 1.807) is 4.40 Å². The number of rotatable bonds is 2. The van der Waals surface area contributed by atoms with Crippen LogP contribution in [0.5, 0.6) is 0 Å². The Morgan fingerprint density at radius 2 is 1.52 bits per heavy atom. The molecular weight excluding hydrogens is 339 g/mol. The molecule has 0 aliphatic heterocycles. The van der Waals surface area contributed by atoms with Crippen LogP contribution in [-0.2, 0) is 12.5 Å². The van der Waals surface area contributed by atoms with Gasteiger partial charge in [-0.2, -0.15) is 0 Å². The summed E-state index contributed by atoms with van der Waals surface area (Å²) in [6.07, 6.45) is 2.31. The predicted molar refractivity (Wildman–Crippen MR) is 104 cm³/mol. The van der Waals surface area contributed by atoms with Crippen molar-refractivity contribution in [2.24, 2.45) is 7.05 Å². The Kier molecular flexibility index (Phi) is 4.83. The molecule has 0 fully saturated rings. The fourth-order valence-corrected chi connectivity index (χ4v) is 7.03. The molecule has 1 aromatic carbocycles. The fourth-order valence-electron chi connectivity index (χ4n) is 3.22. The normalized spacial score (nSPS) is 12.6. The third-order valence-electron chi connectivity index (χ3n) is 4.66. The van der Waals surface area contributed by atoms with Crippen LogP contribution in [0.4, 0.5) is 0 Å². The molecule has 0 aliphatic rings. The van der Waals surface area contributed by atoms with Gasteiger partial charge in [-0.3, -0.25) is 0 Å². The van der Waals surface area contributed by atoms with Crippen LogP contribution in [0, 0.1) is 13.8 Å². The summed E-state index contributed by atoms with van der Waals surface area (Å²) in [4.78, 5) is 0. The maximum atomic E-state index is 2.48. The van der Waals surface area contributed by atoms with Crippen molar-refractivity contribution in [3.63, 3.8) is 0 Å². The molecule has 0 atom stereocenters. The summed E-state index contributed by atoms with van der Waals surface area (Å²) in [5, 5.41) is 0. The molecule has 2 aromatic rings. The maximum absolute atomic E-state index is 2.48. The zero-order chi connectivity index (χ0) is 17.6. The van der Waals surface area contributed by atoms with Crippen LogP contribution >= 0.6 is 0 Å². The molecule has 1 nitrogen and oxygen atoms in total. The van der Waals surface area contributed by atoms with Crippen LogP contribution < -0.4 is 8.96 Å². The topological polar surface area (TPSA) is 3.88 Å². The number of benzene rings is 1. The van der Waals surface area contributed by atoms with Gasteiger partial charge in [-0.25, -0.2) is 0 Å². The van der Waals surface area contributed by atoms with Gasteiger partial charge in [0, 0.05) is 0 Å². The Morgan fingerprint density at radius 3 is 2.04 bits per heavy atom. The quantitative estimate of drug-likeness (QED) is 0.535. The van der Waals surface area contributed by atoms with Crippen molar-refractivity contribution in [3.05, 3.63) is 47.2 Å². The first-order valence-electron chi connectivity index (χ1n) is 8.53. The average molecular weight is 371 g/mol. The molecule has 1 aromatic heterocycles. The van der Waals surface area contributed by atoms with E-state index in [0.717, 1.165) is 0 Å². The number of hydrogen-bond acceptors (Lipinski definition) is 0. The molecule has 23 heavy (non-hydrogen) atoms. The van der Waals surface area contributed by atoms with Crippen molar-refractivity contribution in [1.29, 1.82) is 0 Å². The number of hydrogen-bond donors (Lipinski definition) is 0. The summed E-state index contributed by atoms with van der Waals surface area (Å²) in [7, 11) is 2.17. The van der Waals surface area contributed by atoms with Crippen molar-refractivity contribution < 1.29 is 4.57 Å².